The van der Waals surface area contributed by atoms with Crippen LogP contribution in [0.2, 0.25) is 0 Å². The Hall–Kier alpha value is -6.32. The van der Waals surface area contributed by atoms with Gasteiger partial charge >= 0.3 is 0 Å². The quantitative estimate of drug-likeness (QED) is 0.190. The number of para-hydroxylation sites is 2. The highest BCUT2D eigenvalue weighted by Gasteiger charge is 2.19. The first kappa shape index (κ1) is 26.0. The van der Waals surface area contributed by atoms with Gasteiger partial charge in [0.25, 0.3) is 0 Å². The molecule has 0 saturated carbocycles. The van der Waals surface area contributed by atoms with Gasteiger partial charge in [0.2, 0.25) is 0 Å². The average molecular weight is 599 g/mol. The van der Waals surface area contributed by atoms with Gasteiger partial charge in [-0.1, -0.05) is 133 Å². The molecule has 0 N–H and O–H groups in total. The normalized spacial score (nSPS) is 11.8. The fraction of sp³-hybridized carbons (Fsp3) is 0. The first-order valence-corrected chi connectivity index (χ1v) is 15.9. The Kier molecular flexibility index (Phi) is 5.57. The third-order valence-corrected chi connectivity index (χ3v) is 9.43. The molecule has 10 aromatic rings. The predicted molar refractivity (Wildman–Crippen MR) is 196 cm³/mol. The van der Waals surface area contributed by atoms with E-state index < -0.39 is 0 Å². The second-order valence-electron chi connectivity index (χ2n) is 12.1. The van der Waals surface area contributed by atoms with E-state index in [9.17, 15) is 0 Å². The lowest BCUT2D eigenvalue weighted by atomic mass is 9.91. The maximum Gasteiger partial charge on any atom is 0.143 e. The highest BCUT2D eigenvalue weighted by atomic mass is 16.3. The van der Waals surface area contributed by atoms with Gasteiger partial charge in [-0.3, -0.25) is 0 Å². The summed E-state index contributed by atoms with van der Waals surface area (Å²) in [6, 6.07) is 55.2. The van der Waals surface area contributed by atoms with Gasteiger partial charge in [-0.2, -0.15) is 0 Å². The molecular formula is C44H26N2O. The third kappa shape index (κ3) is 3.93. The van der Waals surface area contributed by atoms with Crippen LogP contribution in [0.15, 0.2) is 162 Å². The van der Waals surface area contributed by atoms with Crippen molar-refractivity contribution in [1.29, 1.82) is 0 Å². The summed E-state index contributed by atoms with van der Waals surface area (Å²) in [5, 5.41) is 9.49. The summed E-state index contributed by atoms with van der Waals surface area (Å²) in [4.78, 5) is 10.6. The van der Waals surface area contributed by atoms with Gasteiger partial charge in [0.1, 0.15) is 11.2 Å². The van der Waals surface area contributed by atoms with E-state index in [0.717, 1.165) is 66.6 Å². The van der Waals surface area contributed by atoms with Crippen molar-refractivity contribution in [2.45, 2.75) is 0 Å². The van der Waals surface area contributed by atoms with Gasteiger partial charge in [0.05, 0.1) is 22.4 Å². The largest absolute Gasteiger partial charge is 0.455 e. The zero-order valence-corrected chi connectivity index (χ0v) is 25.3. The van der Waals surface area contributed by atoms with Crippen LogP contribution < -0.4 is 0 Å². The van der Waals surface area contributed by atoms with E-state index in [1.165, 1.54) is 32.3 Å². The molecule has 47 heavy (non-hydrogen) atoms. The molecule has 0 fully saturated rings. The van der Waals surface area contributed by atoms with E-state index in [0.29, 0.717) is 0 Å². The Balaban J connectivity index is 1.22. The zero-order valence-electron chi connectivity index (χ0n) is 25.3. The van der Waals surface area contributed by atoms with Crippen molar-refractivity contribution in [3.8, 4) is 33.6 Å². The molecule has 0 saturated heterocycles. The smallest absolute Gasteiger partial charge is 0.143 e. The molecule has 3 nitrogen and oxygen atoms in total. The van der Waals surface area contributed by atoms with Crippen LogP contribution in [0.5, 0.6) is 0 Å². The fourth-order valence-corrected chi connectivity index (χ4v) is 7.30. The SMILES string of the molecule is c1ccc(-c2nc3cccc(-c4ccc5c(ccc6c7oc8ccccc8c7c7ccccc7c56)c4)c3nc2-c2ccccc2)cc1. The number of rotatable bonds is 3. The second kappa shape index (κ2) is 10.1. The monoisotopic (exact) mass is 598 g/mol. The van der Waals surface area contributed by atoms with Crippen molar-refractivity contribution in [2.24, 2.45) is 0 Å². The minimum Gasteiger partial charge on any atom is -0.455 e. The summed E-state index contributed by atoms with van der Waals surface area (Å²) in [5.74, 6) is 0. The van der Waals surface area contributed by atoms with Gasteiger partial charge in [0.15, 0.2) is 0 Å². The van der Waals surface area contributed by atoms with Gasteiger partial charge in [-0.05, 0) is 51.4 Å². The molecule has 0 radical (unpaired) electrons. The Labute approximate surface area is 270 Å². The molecule has 8 aromatic carbocycles. The highest BCUT2D eigenvalue weighted by Crippen LogP contribution is 2.44. The maximum atomic E-state index is 6.54. The van der Waals surface area contributed by atoms with E-state index in [2.05, 4.69) is 127 Å². The number of hydrogen-bond donors (Lipinski definition) is 0. The topological polar surface area (TPSA) is 38.9 Å². The molecule has 0 bridgehead atoms. The summed E-state index contributed by atoms with van der Waals surface area (Å²) in [6.45, 7) is 0. The molecular weight excluding hydrogens is 572 g/mol. The number of hydrogen-bond acceptors (Lipinski definition) is 3. The number of nitrogens with zero attached hydrogens (tertiary/aromatic N) is 2. The van der Waals surface area contributed by atoms with E-state index in [1.54, 1.807) is 0 Å². The molecule has 2 aromatic heterocycles. The molecule has 0 atom stereocenters. The standard InChI is InChI=1S/C44H26N2O/c1-3-12-27(13-4-1)41-42(28-14-5-2-6-15-28)46-43-32(19-11-20-37(43)45-41)30-22-24-31-29(26-30)23-25-36-39(31)33-16-7-8-17-34(33)40-35-18-9-10-21-38(35)47-44(36)40/h1-26H. The van der Waals surface area contributed by atoms with Crippen LogP contribution >= 0.6 is 0 Å². The first-order valence-electron chi connectivity index (χ1n) is 15.9. The molecule has 0 aliphatic heterocycles. The molecule has 3 heteroatoms. The second-order valence-corrected chi connectivity index (χ2v) is 12.1. The van der Waals surface area contributed by atoms with Crippen LogP contribution in [0.3, 0.4) is 0 Å². The van der Waals surface area contributed by atoms with Gasteiger partial charge < -0.3 is 4.42 Å². The lowest BCUT2D eigenvalue weighted by Crippen LogP contribution is -1.97. The van der Waals surface area contributed by atoms with Crippen molar-refractivity contribution in [1.82, 2.24) is 9.97 Å². The van der Waals surface area contributed by atoms with Crippen molar-refractivity contribution < 1.29 is 4.42 Å². The summed E-state index contributed by atoms with van der Waals surface area (Å²) < 4.78 is 6.54. The van der Waals surface area contributed by atoms with Crippen LogP contribution in [0.25, 0.3) is 98.9 Å². The van der Waals surface area contributed by atoms with Crippen LogP contribution in [0, 0.1) is 0 Å². The van der Waals surface area contributed by atoms with E-state index in [4.69, 9.17) is 14.4 Å². The van der Waals surface area contributed by atoms with E-state index in [1.807, 2.05) is 30.3 Å². The molecule has 0 aliphatic carbocycles. The summed E-state index contributed by atoms with van der Waals surface area (Å²) in [7, 11) is 0. The van der Waals surface area contributed by atoms with Gasteiger partial charge in [0, 0.05) is 38.2 Å². The van der Waals surface area contributed by atoms with E-state index in [-0.39, 0.29) is 0 Å². The van der Waals surface area contributed by atoms with Crippen LogP contribution in [0.1, 0.15) is 0 Å². The van der Waals surface area contributed by atoms with Crippen molar-refractivity contribution in [3.05, 3.63) is 158 Å². The Morgan fingerprint density at radius 3 is 1.81 bits per heavy atom. The molecule has 10 rings (SSSR count). The molecule has 0 aliphatic rings. The maximum absolute atomic E-state index is 6.54. The van der Waals surface area contributed by atoms with E-state index >= 15 is 0 Å². The number of fused-ring (bicyclic) bond motifs is 11. The van der Waals surface area contributed by atoms with Crippen LogP contribution in [0.4, 0.5) is 0 Å². The van der Waals surface area contributed by atoms with Crippen molar-refractivity contribution in [2.75, 3.05) is 0 Å². The summed E-state index contributed by atoms with van der Waals surface area (Å²) in [6.07, 6.45) is 0. The lowest BCUT2D eigenvalue weighted by Gasteiger charge is -2.14. The van der Waals surface area contributed by atoms with Crippen molar-refractivity contribution in [3.63, 3.8) is 0 Å². The van der Waals surface area contributed by atoms with Crippen LogP contribution in [-0.2, 0) is 0 Å². The minimum absolute atomic E-state index is 0.873. The molecule has 0 amide bonds. The van der Waals surface area contributed by atoms with Crippen LogP contribution in [-0.4, -0.2) is 9.97 Å². The Morgan fingerprint density at radius 2 is 1.04 bits per heavy atom. The molecule has 218 valence electrons. The zero-order chi connectivity index (χ0) is 30.9. The van der Waals surface area contributed by atoms with Gasteiger partial charge in [-0.25, -0.2) is 9.97 Å². The highest BCUT2D eigenvalue weighted by molar-refractivity contribution is 6.34. The fourth-order valence-electron chi connectivity index (χ4n) is 7.30. The molecule has 0 unspecified atom stereocenters. The average Bonchev–Trinajstić information content (AvgIpc) is 3.54. The number of aromatic nitrogens is 2. The Morgan fingerprint density at radius 1 is 0.404 bits per heavy atom. The summed E-state index contributed by atoms with van der Waals surface area (Å²) >= 11 is 0. The lowest BCUT2D eigenvalue weighted by molar-refractivity contribution is 0.673. The third-order valence-electron chi connectivity index (χ3n) is 9.43. The number of furan rings is 1. The first-order chi connectivity index (χ1) is 23.3. The van der Waals surface area contributed by atoms with Gasteiger partial charge in [-0.15, -0.1) is 0 Å². The summed E-state index contributed by atoms with van der Waals surface area (Å²) in [5.41, 5.74) is 9.65. The molecule has 0 spiro atoms. The molecule has 2 heterocycles. The number of benzene rings is 8. The Bertz CT molecular complexity index is 2840. The predicted octanol–water partition coefficient (Wildman–Crippen LogP) is 12.0. The van der Waals surface area contributed by atoms with Crippen molar-refractivity contribution >= 4 is 65.3 Å². The minimum atomic E-state index is 0.873.